The first kappa shape index (κ1) is 18.5. The Morgan fingerprint density at radius 1 is 1.11 bits per heavy atom. The third kappa shape index (κ3) is 3.03. The maximum Gasteiger partial charge on any atom is 0.388 e. The van der Waals surface area contributed by atoms with Crippen molar-refractivity contribution < 1.29 is 28.2 Å². The Bertz CT molecular complexity index is 909. The summed E-state index contributed by atoms with van der Waals surface area (Å²) in [5, 5.41) is 9.46. The number of alkyl halides is 2. The zero-order chi connectivity index (χ0) is 20.0. The fourth-order valence-electron chi connectivity index (χ4n) is 3.72. The number of carbonyl (C=O) groups excluding carboxylic acids is 2. The summed E-state index contributed by atoms with van der Waals surface area (Å²) in [6.45, 7) is -1.52. The standard InChI is InChI=1S/C20H18F2N2O4/c1-10(24-18(26)14-4-2-3-5-15(14)19(24)27)13-6-7-16(11-8-12(25)9-11)23-17(13)28-20(21)22/h2-7,10-12,20,25H,8-9H2,1H3/t10-,11?,12?/m0/s1. The third-order valence-corrected chi connectivity index (χ3v) is 5.31. The summed E-state index contributed by atoms with van der Waals surface area (Å²) in [6.07, 6.45) is 0.603. The van der Waals surface area contributed by atoms with Crippen LogP contribution >= 0.6 is 0 Å². The molecule has 6 nitrogen and oxygen atoms in total. The minimum Gasteiger partial charge on any atom is -0.417 e. The van der Waals surface area contributed by atoms with Crippen molar-refractivity contribution in [3.63, 3.8) is 0 Å². The smallest absolute Gasteiger partial charge is 0.388 e. The number of nitrogens with zero attached hydrogens (tertiary/aromatic N) is 2. The highest BCUT2D eigenvalue weighted by Crippen LogP contribution is 2.39. The van der Waals surface area contributed by atoms with Gasteiger partial charge in [-0.3, -0.25) is 14.5 Å². The molecule has 2 amide bonds. The molecule has 8 heteroatoms. The number of fused-ring (bicyclic) bond motifs is 1. The first-order valence-corrected chi connectivity index (χ1v) is 8.97. The summed E-state index contributed by atoms with van der Waals surface area (Å²) in [4.78, 5) is 30.6. The van der Waals surface area contributed by atoms with Gasteiger partial charge in [0.25, 0.3) is 11.8 Å². The van der Waals surface area contributed by atoms with E-state index in [1.807, 2.05) is 0 Å². The highest BCUT2D eigenvalue weighted by molar-refractivity contribution is 6.21. The molecule has 0 bridgehead atoms. The van der Waals surface area contributed by atoms with Crippen molar-refractivity contribution in [3.05, 3.63) is 58.8 Å². The van der Waals surface area contributed by atoms with Gasteiger partial charge in [0, 0.05) is 17.2 Å². The Kier molecular flexibility index (Phi) is 4.58. The van der Waals surface area contributed by atoms with E-state index < -0.39 is 30.6 Å². The van der Waals surface area contributed by atoms with E-state index in [1.165, 1.54) is 0 Å². The lowest BCUT2D eigenvalue weighted by Gasteiger charge is -2.31. The Morgan fingerprint density at radius 2 is 1.71 bits per heavy atom. The average molecular weight is 388 g/mol. The van der Waals surface area contributed by atoms with Gasteiger partial charge in [0.2, 0.25) is 5.88 Å². The van der Waals surface area contributed by atoms with E-state index in [0.29, 0.717) is 18.5 Å². The number of carbonyl (C=O) groups is 2. The van der Waals surface area contributed by atoms with E-state index in [2.05, 4.69) is 9.72 Å². The zero-order valence-corrected chi connectivity index (χ0v) is 15.0. The first-order valence-electron chi connectivity index (χ1n) is 8.97. The quantitative estimate of drug-likeness (QED) is 0.796. The van der Waals surface area contributed by atoms with E-state index >= 15 is 0 Å². The Labute approximate surface area is 159 Å². The molecule has 1 aliphatic carbocycles. The van der Waals surface area contributed by atoms with Crippen molar-refractivity contribution in [2.45, 2.75) is 44.4 Å². The van der Waals surface area contributed by atoms with Gasteiger partial charge in [0.1, 0.15) is 0 Å². The number of imide groups is 1. The Balaban J connectivity index is 1.68. The predicted octanol–water partition coefficient (Wildman–Crippen LogP) is 3.28. The van der Waals surface area contributed by atoms with Crippen molar-refractivity contribution in [1.29, 1.82) is 0 Å². The van der Waals surface area contributed by atoms with Gasteiger partial charge in [-0.1, -0.05) is 12.1 Å². The number of hydrogen-bond acceptors (Lipinski definition) is 5. The van der Waals surface area contributed by atoms with E-state index in [-0.39, 0.29) is 28.5 Å². The van der Waals surface area contributed by atoms with Gasteiger partial charge in [0.15, 0.2) is 0 Å². The molecule has 28 heavy (non-hydrogen) atoms. The normalized spacial score (nSPS) is 22.2. The topological polar surface area (TPSA) is 79.7 Å². The van der Waals surface area contributed by atoms with Crippen molar-refractivity contribution in [2.24, 2.45) is 0 Å². The Morgan fingerprint density at radius 3 is 2.25 bits per heavy atom. The summed E-state index contributed by atoms with van der Waals surface area (Å²) in [6, 6.07) is 8.82. The van der Waals surface area contributed by atoms with E-state index in [9.17, 15) is 23.5 Å². The maximum absolute atomic E-state index is 13.0. The molecule has 4 rings (SSSR count). The summed E-state index contributed by atoms with van der Waals surface area (Å²) >= 11 is 0. The van der Waals surface area contributed by atoms with Crippen molar-refractivity contribution in [3.8, 4) is 5.88 Å². The minimum absolute atomic E-state index is 0.0290. The van der Waals surface area contributed by atoms with Gasteiger partial charge < -0.3 is 9.84 Å². The molecule has 1 atom stereocenters. The molecule has 2 aliphatic rings. The van der Waals surface area contributed by atoms with Gasteiger partial charge in [-0.15, -0.1) is 0 Å². The first-order chi connectivity index (χ1) is 13.4. The van der Waals surface area contributed by atoms with Crippen LogP contribution in [-0.4, -0.2) is 39.5 Å². The summed E-state index contributed by atoms with van der Waals surface area (Å²) in [5.41, 5.74) is 1.32. The number of hydrogen-bond donors (Lipinski definition) is 1. The molecule has 146 valence electrons. The van der Waals surface area contributed by atoms with E-state index in [4.69, 9.17) is 0 Å². The molecule has 0 radical (unpaired) electrons. The second-order valence-electron chi connectivity index (χ2n) is 7.03. The third-order valence-electron chi connectivity index (χ3n) is 5.31. The lowest BCUT2D eigenvalue weighted by Crippen LogP contribution is -2.33. The van der Waals surface area contributed by atoms with Crippen molar-refractivity contribution in [2.75, 3.05) is 0 Å². The molecule has 0 saturated heterocycles. The van der Waals surface area contributed by atoms with Gasteiger partial charge in [0.05, 0.1) is 23.3 Å². The SMILES string of the molecule is C[C@@H](c1ccc(C2CC(O)C2)nc1OC(F)F)N1C(=O)c2ccccc2C1=O. The number of amides is 2. The van der Waals surface area contributed by atoms with Crippen LogP contribution in [0.3, 0.4) is 0 Å². The summed E-state index contributed by atoms with van der Waals surface area (Å²) in [5.74, 6) is -1.30. The van der Waals surface area contributed by atoms with E-state index in [1.54, 1.807) is 43.3 Å². The molecule has 2 heterocycles. The molecule has 1 N–H and O–H groups in total. The fourth-order valence-corrected chi connectivity index (χ4v) is 3.72. The molecule has 1 aromatic heterocycles. The van der Waals surface area contributed by atoms with E-state index in [0.717, 1.165) is 4.90 Å². The lowest BCUT2D eigenvalue weighted by molar-refractivity contribution is -0.0542. The number of halogens is 2. The van der Waals surface area contributed by atoms with Gasteiger partial charge in [-0.25, -0.2) is 4.98 Å². The summed E-state index contributed by atoms with van der Waals surface area (Å²) < 4.78 is 30.5. The monoisotopic (exact) mass is 388 g/mol. The summed E-state index contributed by atoms with van der Waals surface area (Å²) in [7, 11) is 0. The van der Waals surface area contributed by atoms with Crippen LogP contribution in [0.1, 0.15) is 63.7 Å². The van der Waals surface area contributed by atoms with Crippen molar-refractivity contribution in [1.82, 2.24) is 9.88 Å². The highest BCUT2D eigenvalue weighted by atomic mass is 19.3. The van der Waals surface area contributed by atoms with Crippen molar-refractivity contribution >= 4 is 11.8 Å². The largest absolute Gasteiger partial charge is 0.417 e. The molecule has 2 aromatic rings. The lowest BCUT2D eigenvalue weighted by atomic mass is 9.80. The van der Waals surface area contributed by atoms with Gasteiger partial charge in [-0.2, -0.15) is 8.78 Å². The average Bonchev–Trinajstić information content (AvgIpc) is 2.89. The number of aliphatic hydroxyl groups is 1. The molecule has 1 saturated carbocycles. The van der Waals surface area contributed by atoms with Crippen LogP contribution < -0.4 is 4.74 Å². The van der Waals surface area contributed by atoms with Crippen LogP contribution in [-0.2, 0) is 0 Å². The molecule has 1 fully saturated rings. The van der Waals surface area contributed by atoms with Crippen LogP contribution in [0.15, 0.2) is 36.4 Å². The molecular formula is C20H18F2N2O4. The highest BCUT2D eigenvalue weighted by Gasteiger charge is 2.40. The van der Waals surface area contributed by atoms with Gasteiger partial charge >= 0.3 is 6.61 Å². The minimum atomic E-state index is -3.09. The number of pyridine rings is 1. The molecule has 1 aliphatic heterocycles. The van der Waals surface area contributed by atoms with Crippen LogP contribution in [0.4, 0.5) is 8.78 Å². The molecule has 0 spiro atoms. The van der Waals surface area contributed by atoms with Crippen LogP contribution in [0, 0.1) is 0 Å². The fraction of sp³-hybridized carbons (Fsp3) is 0.350. The second kappa shape index (κ2) is 6.94. The zero-order valence-electron chi connectivity index (χ0n) is 15.0. The maximum atomic E-state index is 13.0. The number of ether oxygens (including phenoxy) is 1. The van der Waals surface area contributed by atoms with Gasteiger partial charge in [-0.05, 0) is 44.0 Å². The number of benzene rings is 1. The van der Waals surface area contributed by atoms with Crippen LogP contribution in [0.2, 0.25) is 0 Å². The molecule has 1 aromatic carbocycles. The molecular weight excluding hydrogens is 370 g/mol. The molecule has 0 unspecified atom stereocenters. The number of aliphatic hydroxyl groups excluding tert-OH is 1. The number of rotatable bonds is 5. The van der Waals surface area contributed by atoms with Crippen LogP contribution in [0.5, 0.6) is 5.88 Å². The number of aromatic nitrogens is 1. The predicted molar refractivity (Wildman–Crippen MR) is 94.2 cm³/mol. The van der Waals surface area contributed by atoms with Crippen LogP contribution in [0.25, 0.3) is 0 Å². The second-order valence-corrected chi connectivity index (χ2v) is 7.03. The Hall–Kier alpha value is -2.87.